The average Bonchev–Trinajstić information content (AvgIpc) is 2.85. The summed E-state index contributed by atoms with van der Waals surface area (Å²) < 4.78 is 60.1. The Labute approximate surface area is 196 Å². The molecule has 5 heteroatoms. The molecule has 0 aromatic heterocycles. The minimum absolute atomic E-state index is 0.00913. The van der Waals surface area contributed by atoms with Crippen molar-refractivity contribution in [3.8, 4) is 11.8 Å². The molecule has 0 aliphatic carbocycles. The van der Waals surface area contributed by atoms with Crippen LogP contribution in [0.1, 0.15) is 27.8 Å². The fourth-order valence-corrected chi connectivity index (χ4v) is 3.73. The Morgan fingerprint density at radius 1 is 0.647 bits per heavy atom. The Morgan fingerprint density at radius 3 is 2.09 bits per heavy atom. The predicted octanol–water partition coefficient (Wildman–Crippen LogP) is 6.77. The van der Waals surface area contributed by atoms with Crippen LogP contribution in [-0.2, 0) is 24.0 Å². The van der Waals surface area contributed by atoms with Crippen molar-refractivity contribution < 1.29 is 22.3 Å². The number of methoxy groups -OCH3 is 1. The third-order valence-electron chi connectivity index (χ3n) is 5.67. The number of aryl methyl sites for hydroxylation is 2. The van der Waals surface area contributed by atoms with Crippen molar-refractivity contribution in [2.45, 2.75) is 19.3 Å². The number of hydrogen-bond acceptors (Lipinski definition) is 1. The summed E-state index contributed by atoms with van der Waals surface area (Å²) >= 11 is 0. The smallest absolute Gasteiger partial charge is 0.195 e. The van der Waals surface area contributed by atoms with E-state index in [2.05, 4.69) is 11.8 Å². The molecule has 0 saturated heterocycles. The molecule has 0 spiro atoms. The lowest BCUT2D eigenvalue weighted by molar-refractivity contribution is 0.202. The summed E-state index contributed by atoms with van der Waals surface area (Å²) in [5.41, 5.74) is 3.99. The van der Waals surface area contributed by atoms with Gasteiger partial charge >= 0.3 is 0 Å². The zero-order valence-electron chi connectivity index (χ0n) is 18.6. The summed E-state index contributed by atoms with van der Waals surface area (Å²) in [6, 6.07) is 18.4. The van der Waals surface area contributed by atoms with E-state index in [1.165, 1.54) is 12.1 Å². The van der Waals surface area contributed by atoms with Crippen LogP contribution in [0.15, 0.2) is 66.7 Å². The molecule has 0 fully saturated rings. The van der Waals surface area contributed by atoms with Gasteiger partial charge in [-0.15, -0.1) is 0 Å². The number of ether oxygens (including phenoxy) is 1. The number of fused-ring (bicyclic) bond motifs is 1. The van der Waals surface area contributed by atoms with Gasteiger partial charge in [0, 0.05) is 23.6 Å². The van der Waals surface area contributed by atoms with Crippen LogP contribution < -0.4 is 0 Å². The molecule has 172 valence electrons. The second kappa shape index (κ2) is 10.5. The number of rotatable bonds is 6. The zero-order chi connectivity index (χ0) is 24.1. The third-order valence-corrected chi connectivity index (χ3v) is 5.67. The highest BCUT2D eigenvalue weighted by molar-refractivity contribution is 5.84. The van der Waals surface area contributed by atoms with Crippen molar-refractivity contribution in [2.75, 3.05) is 13.7 Å². The molecular formula is C29H22F4O. The summed E-state index contributed by atoms with van der Waals surface area (Å²) in [7, 11) is 1.62. The Bertz CT molecular complexity index is 1380. The van der Waals surface area contributed by atoms with E-state index in [0.717, 1.165) is 22.8 Å². The van der Waals surface area contributed by atoms with Gasteiger partial charge in [0.2, 0.25) is 0 Å². The second-order valence-electron chi connectivity index (χ2n) is 8.04. The molecular weight excluding hydrogens is 440 g/mol. The first-order chi connectivity index (χ1) is 16.4. The van der Waals surface area contributed by atoms with E-state index in [-0.39, 0.29) is 16.6 Å². The van der Waals surface area contributed by atoms with Crippen molar-refractivity contribution in [3.05, 3.63) is 118 Å². The van der Waals surface area contributed by atoms with Gasteiger partial charge in [0.25, 0.3) is 0 Å². The van der Waals surface area contributed by atoms with Gasteiger partial charge in [0.05, 0.1) is 6.61 Å². The fourth-order valence-electron chi connectivity index (χ4n) is 3.73. The molecule has 4 aromatic carbocycles. The first-order valence-electron chi connectivity index (χ1n) is 10.9. The molecule has 1 nitrogen and oxygen atoms in total. The minimum atomic E-state index is -1.48. The molecule has 4 rings (SSSR count). The second-order valence-corrected chi connectivity index (χ2v) is 8.04. The predicted molar refractivity (Wildman–Crippen MR) is 126 cm³/mol. The van der Waals surface area contributed by atoms with Gasteiger partial charge in [-0.05, 0) is 77.7 Å². The maximum Gasteiger partial charge on any atom is 0.195 e. The topological polar surface area (TPSA) is 9.23 Å². The summed E-state index contributed by atoms with van der Waals surface area (Å²) in [6.07, 6.45) is 1.97. The zero-order valence-corrected chi connectivity index (χ0v) is 18.6. The first-order valence-corrected chi connectivity index (χ1v) is 10.9. The SMILES string of the molecule is COCCc1ccc(CCc2ccc(C#Cc3ccc4c(F)c(F)c(F)cc4c3)cc2)c(F)c1. The van der Waals surface area contributed by atoms with Crippen LogP contribution in [0, 0.1) is 35.1 Å². The van der Waals surface area contributed by atoms with Crippen molar-refractivity contribution in [1.82, 2.24) is 0 Å². The quantitative estimate of drug-likeness (QED) is 0.175. The van der Waals surface area contributed by atoms with E-state index in [0.29, 0.717) is 37.0 Å². The molecule has 0 unspecified atom stereocenters. The van der Waals surface area contributed by atoms with E-state index < -0.39 is 17.5 Å². The van der Waals surface area contributed by atoms with Gasteiger partial charge in [-0.25, -0.2) is 17.6 Å². The molecule has 0 radical (unpaired) electrons. The summed E-state index contributed by atoms with van der Waals surface area (Å²) in [6.45, 7) is 0.561. The molecule has 0 aliphatic rings. The largest absolute Gasteiger partial charge is 0.384 e. The normalized spacial score (nSPS) is 10.9. The molecule has 4 aromatic rings. The number of halogens is 4. The monoisotopic (exact) mass is 462 g/mol. The molecule has 34 heavy (non-hydrogen) atoms. The van der Waals surface area contributed by atoms with Gasteiger partial charge in [-0.3, -0.25) is 0 Å². The average molecular weight is 462 g/mol. The van der Waals surface area contributed by atoms with Gasteiger partial charge in [0.1, 0.15) is 5.82 Å². The summed E-state index contributed by atoms with van der Waals surface area (Å²) in [4.78, 5) is 0. The van der Waals surface area contributed by atoms with Crippen LogP contribution in [0.5, 0.6) is 0 Å². The highest BCUT2D eigenvalue weighted by Gasteiger charge is 2.13. The molecule has 0 amide bonds. The van der Waals surface area contributed by atoms with E-state index in [9.17, 15) is 17.6 Å². The summed E-state index contributed by atoms with van der Waals surface area (Å²) in [5, 5.41) is 0.257. The maximum atomic E-state index is 14.3. The number of hydrogen-bond donors (Lipinski definition) is 0. The van der Waals surface area contributed by atoms with E-state index in [1.54, 1.807) is 19.2 Å². The van der Waals surface area contributed by atoms with Crippen LogP contribution in [-0.4, -0.2) is 13.7 Å². The Balaban J connectivity index is 1.42. The third kappa shape index (κ3) is 5.47. The van der Waals surface area contributed by atoms with Crippen LogP contribution >= 0.6 is 0 Å². The highest BCUT2D eigenvalue weighted by atomic mass is 19.2. The molecule has 0 atom stereocenters. The Kier molecular flexibility index (Phi) is 7.30. The van der Waals surface area contributed by atoms with Gasteiger partial charge in [0.15, 0.2) is 17.5 Å². The van der Waals surface area contributed by atoms with Crippen LogP contribution in [0.4, 0.5) is 17.6 Å². The molecule has 0 aliphatic heterocycles. The lowest BCUT2D eigenvalue weighted by Gasteiger charge is -2.07. The lowest BCUT2D eigenvalue weighted by atomic mass is 10.0. The number of benzene rings is 4. The van der Waals surface area contributed by atoms with E-state index in [4.69, 9.17) is 4.74 Å². The Morgan fingerprint density at radius 2 is 1.35 bits per heavy atom. The van der Waals surface area contributed by atoms with E-state index >= 15 is 0 Å². The van der Waals surface area contributed by atoms with Crippen molar-refractivity contribution in [3.63, 3.8) is 0 Å². The standard InChI is InChI=1S/C29H22F4O/c1-34-15-14-22-9-12-23(26(30)17-22)11-8-20-4-2-19(3-5-20)6-7-21-10-13-25-24(16-21)18-27(31)29(33)28(25)32/h2-5,9-10,12-13,16-18H,8,11,14-15H2,1H3. The molecule has 0 N–H and O–H groups in total. The van der Waals surface area contributed by atoms with Crippen LogP contribution in [0.2, 0.25) is 0 Å². The molecule has 0 saturated carbocycles. The van der Waals surface area contributed by atoms with E-state index in [1.807, 2.05) is 36.4 Å². The highest BCUT2D eigenvalue weighted by Crippen LogP contribution is 2.24. The molecule has 0 bridgehead atoms. The van der Waals surface area contributed by atoms with Crippen LogP contribution in [0.3, 0.4) is 0 Å². The summed E-state index contributed by atoms with van der Waals surface area (Å²) in [5.74, 6) is 1.87. The van der Waals surface area contributed by atoms with Gasteiger partial charge in [-0.1, -0.05) is 42.2 Å². The fraction of sp³-hybridized carbons (Fsp3) is 0.172. The first kappa shape index (κ1) is 23.5. The van der Waals surface area contributed by atoms with Gasteiger partial charge < -0.3 is 4.74 Å². The molecule has 0 heterocycles. The lowest BCUT2D eigenvalue weighted by Crippen LogP contribution is -1.99. The van der Waals surface area contributed by atoms with Crippen molar-refractivity contribution in [2.24, 2.45) is 0 Å². The Hall–Kier alpha value is -3.62. The van der Waals surface area contributed by atoms with Crippen molar-refractivity contribution in [1.29, 1.82) is 0 Å². The van der Waals surface area contributed by atoms with Crippen molar-refractivity contribution >= 4 is 10.8 Å². The minimum Gasteiger partial charge on any atom is -0.384 e. The maximum absolute atomic E-state index is 14.3. The van der Waals surface area contributed by atoms with Gasteiger partial charge in [-0.2, -0.15) is 0 Å². The van der Waals surface area contributed by atoms with Crippen LogP contribution in [0.25, 0.3) is 10.8 Å².